The SMILES string of the molecule is CC(C)[C@@H](CO)NC(=O)N[C@@H](c1ccccn1)C1CCCC1. The Morgan fingerprint density at radius 2 is 2.05 bits per heavy atom. The molecule has 122 valence electrons. The van der Waals surface area contributed by atoms with Gasteiger partial charge in [-0.15, -0.1) is 0 Å². The lowest BCUT2D eigenvalue weighted by Crippen LogP contribution is -2.48. The molecule has 1 heterocycles. The molecule has 1 aromatic heterocycles. The third-order valence-electron chi connectivity index (χ3n) is 4.48. The van der Waals surface area contributed by atoms with Crippen molar-refractivity contribution in [3.8, 4) is 0 Å². The zero-order valence-electron chi connectivity index (χ0n) is 13.5. The first-order valence-electron chi connectivity index (χ1n) is 8.20. The fourth-order valence-electron chi connectivity index (χ4n) is 3.06. The van der Waals surface area contributed by atoms with Crippen molar-refractivity contribution in [1.29, 1.82) is 0 Å². The zero-order valence-corrected chi connectivity index (χ0v) is 13.5. The quantitative estimate of drug-likeness (QED) is 0.756. The van der Waals surface area contributed by atoms with Gasteiger partial charge < -0.3 is 15.7 Å². The number of nitrogens with one attached hydrogen (secondary N) is 2. The van der Waals surface area contributed by atoms with Crippen LogP contribution in [0.15, 0.2) is 24.4 Å². The van der Waals surface area contributed by atoms with Gasteiger partial charge >= 0.3 is 6.03 Å². The van der Waals surface area contributed by atoms with Crippen LogP contribution in [-0.2, 0) is 0 Å². The first-order chi connectivity index (χ1) is 10.6. The first-order valence-corrected chi connectivity index (χ1v) is 8.20. The standard InChI is InChI=1S/C17H27N3O2/c1-12(2)15(11-21)19-17(22)20-16(13-7-3-4-8-13)14-9-5-6-10-18-14/h5-6,9-10,12-13,15-16,21H,3-4,7-8,11H2,1-2H3,(H2,19,20,22)/t15-,16-/m1/s1. The highest BCUT2D eigenvalue weighted by Gasteiger charge is 2.29. The molecule has 5 heteroatoms. The number of amides is 2. The Hall–Kier alpha value is -1.62. The second-order valence-corrected chi connectivity index (χ2v) is 6.43. The summed E-state index contributed by atoms with van der Waals surface area (Å²) in [6, 6.07) is 5.29. The number of hydrogen-bond donors (Lipinski definition) is 3. The van der Waals surface area contributed by atoms with Gasteiger partial charge in [-0.2, -0.15) is 0 Å². The summed E-state index contributed by atoms with van der Waals surface area (Å²) in [6.07, 6.45) is 6.43. The van der Waals surface area contributed by atoms with Gasteiger partial charge in [0.1, 0.15) is 0 Å². The molecule has 0 saturated heterocycles. The van der Waals surface area contributed by atoms with Crippen LogP contribution in [0.25, 0.3) is 0 Å². The van der Waals surface area contributed by atoms with E-state index in [0.717, 1.165) is 18.5 Å². The number of aromatic nitrogens is 1. The number of carbonyl (C=O) groups excluding carboxylic acids is 1. The molecule has 2 rings (SSSR count). The molecule has 1 aliphatic carbocycles. The van der Waals surface area contributed by atoms with Gasteiger partial charge in [-0.3, -0.25) is 4.98 Å². The van der Waals surface area contributed by atoms with Gasteiger partial charge in [0.15, 0.2) is 0 Å². The normalized spacial score (nSPS) is 18.2. The summed E-state index contributed by atoms with van der Waals surface area (Å²) in [6.45, 7) is 3.91. The van der Waals surface area contributed by atoms with Crippen molar-refractivity contribution in [3.05, 3.63) is 30.1 Å². The summed E-state index contributed by atoms with van der Waals surface area (Å²) in [4.78, 5) is 16.7. The summed E-state index contributed by atoms with van der Waals surface area (Å²) in [5.41, 5.74) is 0.912. The third-order valence-corrected chi connectivity index (χ3v) is 4.48. The van der Waals surface area contributed by atoms with E-state index in [1.54, 1.807) is 6.20 Å². The maximum atomic E-state index is 12.3. The van der Waals surface area contributed by atoms with Crippen LogP contribution in [0, 0.1) is 11.8 Å². The highest BCUT2D eigenvalue weighted by atomic mass is 16.3. The summed E-state index contributed by atoms with van der Waals surface area (Å²) >= 11 is 0. The molecule has 2 amide bonds. The fourth-order valence-corrected chi connectivity index (χ4v) is 3.06. The summed E-state index contributed by atoms with van der Waals surface area (Å²) in [5.74, 6) is 0.628. The van der Waals surface area contributed by atoms with E-state index in [9.17, 15) is 9.90 Å². The Bertz CT molecular complexity index is 458. The van der Waals surface area contributed by atoms with Crippen molar-refractivity contribution in [3.63, 3.8) is 0 Å². The fraction of sp³-hybridized carbons (Fsp3) is 0.647. The second-order valence-electron chi connectivity index (χ2n) is 6.43. The molecule has 0 aromatic carbocycles. The Kier molecular flexibility index (Phi) is 6.19. The Morgan fingerprint density at radius 1 is 1.32 bits per heavy atom. The Balaban J connectivity index is 2.04. The molecular formula is C17H27N3O2. The van der Waals surface area contributed by atoms with Gasteiger partial charge in [0.25, 0.3) is 0 Å². The number of aliphatic hydroxyl groups is 1. The maximum absolute atomic E-state index is 12.3. The van der Waals surface area contributed by atoms with E-state index in [0.29, 0.717) is 5.92 Å². The second kappa shape index (κ2) is 8.13. The predicted octanol–water partition coefficient (Wildman–Crippen LogP) is 2.63. The minimum Gasteiger partial charge on any atom is -0.394 e. The van der Waals surface area contributed by atoms with Crippen LogP contribution in [0.2, 0.25) is 0 Å². The van der Waals surface area contributed by atoms with Gasteiger partial charge in [-0.25, -0.2) is 4.79 Å². The lowest BCUT2D eigenvalue weighted by atomic mass is 9.95. The van der Waals surface area contributed by atoms with E-state index in [4.69, 9.17) is 0 Å². The van der Waals surface area contributed by atoms with E-state index in [-0.39, 0.29) is 30.6 Å². The van der Waals surface area contributed by atoms with Crippen molar-refractivity contribution >= 4 is 6.03 Å². The number of pyridine rings is 1. The average Bonchev–Trinajstić information content (AvgIpc) is 3.05. The van der Waals surface area contributed by atoms with Crippen LogP contribution in [0.4, 0.5) is 4.79 Å². The van der Waals surface area contributed by atoms with E-state index < -0.39 is 0 Å². The molecule has 2 atom stereocenters. The summed E-state index contributed by atoms with van der Waals surface area (Å²) in [7, 11) is 0. The van der Waals surface area contributed by atoms with Crippen molar-refractivity contribution < 1.29 is 9.90 Å². The van der Waals surface area contributed by atoms with Gasteiger partial charge in [-0.05, 0) is 36.8 Å². The van der Waals surface area contributed by atoms with E-state index >= 15 is 0 Å². The van der Waals surface area contributed by atoms with Gasteiger partial charge in [0.2, 0.25) is 0 Å². The number of aliphatic hydroxyl groups excluding tert-OH is 1. The third kappa shape index (κ3) is 4.44. The topological polar surface area (TPSA) is 74.2 Å². The van der Waals surface area contributed by atoms with Crippen molar-refractivity contribution in [1.82, 2.24) is 15.6 Å². The van der Waals surface area contributed by atoms with Crippen molar-refractivity contribution in [2.45, 2.75) is 51.6 Å². The molecule has 5 nitrogen and oxygen atoms in total. The smallest absolute Gasteiger partial charge is 0.315 e. The minimum absolute atomic E-state index is 0.0528. The van der Waals surface area contributed by atoms with Crippen molar-refractivity contribution in [2.75, 3.05) is 6.61 Å². The van der Waals surface area contributed by atoms with Crippen LogP contribution in [0.3, 0.4) is 0 Å². The van der Waals surface area contributed by atoms with Crippen LogP contribution in [0.5, 0.6) is 0 Å². The van der Waals surface area contributed by atoms with E-state index in [2.05, 4.69) is 15.6 Å². The monoisotopic (exact) mass is 305 g/mol. The first kappa shape index (κ1) is 16.7. The predicted molar refractivity (Wildman–Crippen MR) is 86.3 cm³/mol. The largest absolute Gasteiger partial charge is 0.394 e. The molecule has 0 bridgehead atoms. The molecule has 3 N–H and O–H groups in total. The lowest BCUT2D eigenvalue weighted by Gasteiger charge is -2.27. The molecule has 1 saturated carbocycles. The zero-order chi connectivity index (χ0) is 15.9. The number of carbonyl (C=O) groups is 1. The van der Waals surface area contributed by atoms with E-state index in [1.807, 2.05) is 32.0 Å². The highest BCUT2D eigenvalue weighted by Crippen LogP contribution is 2.34. The molecule has 0 unspecified atom stereocenters. The molecule has 1 fully saturated rings. The number of nitrogens with zero attached hydrogens (tertiary/aromatic N) is 1. The van der Waals surface area contributed by atoms with Gasteiger partial charge in [0.05, 0.1) is 24.4 Å². The summed E-state index contributed by atoms with van der Waals surface area (Å²) < 4.78 is 0. The maximum Gasteiger partial charge on any atom is 0.315 e. The average molecular weight is 305 g/mol. The van der Waals surface area contributed by atoms with Crippen LogP contribution in [-0.4, -0.2) is 28.8 Å². The van der Waals surface area contributed by atoms with Gasteiger partial charge in [0, 0.05) is 6.20 Å². The molecule has 1 aliphatic rings. The number of rotatable bonds is 6. The molecule has 1 aromatic rings. The van der Waals surface area contributed by atoms with Crippen LogP contribution >= 0.6 is 0 Å². The molecule has 0 aliphatic heterocycles. The molecular weight excluding hydrogens is 278 g/mol. The number of hydrogen-bond acceptors (Lipinski definition) is 3. The van der Waals surface area contributed by atoms with Crippen LogP contribution < -0.4 is 10.6 Å². The number of urea groups is 1. The van der Waals surface area contributed by atoms with E-state index in [1.165, 1.54) is 12.8 Å². The Labute approximate surface area is 132 Å². The molecule has 0 spiro atoms. The van der Waals surface area contributed by atoms with Gasteiger partial charge in [-0.1, -0.05) is 32.8 Å². The Morgan fingerprint density at radius 3 is 2.59 bits per heavy atom. The minimum atomic E-state index is -0.229. The lowest BCUT2D eigenvalue weighted by molar-refractivity contribution is 0.193. The molecule has 22 heavy (non-hydrogen) atoms. The van der Waals surface area contributed by atoms with Crippen LogP contribution in [0.1, 0.15) is 51.3 Å². The van der Waals surface area contributed by atoms with Crippen molar-refractivity contribution in [2.24, 2.45) is 11.8 Å². The summed E-state index contributed by atoms with van der Waals surface area (Å²) in [5, 5.41) is 15.3. The highest BCUT2D eigenvalue weighted by molar-refractivity contribution is 5.74. The molecule has 0 radical (unpaired) electrons.